The predicted octanol–water partition coefficient (Wildman–Crippen LogP) is 1.08. The Morgan fingerprint density at radius 1 is 1.42 bits per heavy atom. The smallest absolute Gasteiger partial charge is 0.0622 e. The predicted molar refractivity (Wildman–Crippen MR) is 49.2 cm³/mol. The lowest BCUT2D eigenvalue weighted by Gasteiger charge is -1.99. The van der Waals surface area contributed by atoms with E-state index < -0.39 is 10.8 Å². The Labute approximate surface area is 76.2 Å². The van der Waals surface area contributed by atoms with Crippen LogP contribution >= 0.6 is 0 Å². The van der Waals surface area contributed by atoms with Crippen molar-refractivity contribution in [2.24, 2.45) is 0 Å². The van der Waals surface area contributed by atoms with E-state index in [1.807, 2.05) is 6.07 Å². The van der Waals surface area contributed by atoms with E-state index in [1.54, 1.807) is 7.11 Å². The molecule has 0 aromatic rings. The molecule has 0 saturated heterocycles. The molecule has 0 saturated carbocycles. The van der Waals surface area contributed by atoms with Gasteiger partial charge in [0, 0.05) is 42.4 Å². The minimum atomic E-state index is -0.754. The fraction of sp³-hybridized carbons (Fsp3) is 0.875. The van der Waals surface area contributed by atoms with Gasteiger partial charge in [0.25, 0.3) is 0 Å². The minimum absolute atomic E-state index is 0.510. The Hall–Kier alpha value is -0.400. The zero-order valence-corrected chi connectivity index (χ0v) is 8.23. The molecule has 70 valence electrons. The first-order chi connectivity index (χ1) is 5.81. The Morgan fingerprint density at radius 2 is 2.08 bits per heavy atom. The fourth-order valence-electron chi connectivity index (χ4n) is 0.779. The number of methoxy groups -OCH3 is 1. The first-order valence-corrected chi connectivity index (χ1v) is 5.51. The Kier molecular flexibility index (Phi) is 8.40. The summed E-state index contributed by atoms with van der Waals surface area (Å²) >= 11 is 0. The molecular formula is C8H15NO2S. The molecular weight excluding hydrogens is 174 g/mol. The zero-order valence-electron chi connectivity index (χ0n) is 7.41. The number of hydrogen-bond donors (Lipinski definition) is 0. The highest BCUT2D eigenvalue weighted by Gasteiger charge is 1.98. The molecule has 0 fully saturated rings. The van der Waals surface area contributed by atoms with Gasteiger partial charge in [-0.15, -0.1) is 0 Å². The summed E-state index contributed by atoms with van der Waals surface area (Å²) in [6.45, 7) is 0.671. The Balaban J connectivity index is 3.17. The quantitative estimate of drug-likeness (QED) is 0.563. The number of rotatable bonds is 7. The molecule has 0 heterocycles. The number of nitriles is 1. The topological polar surface area (TPSA) is 50.1 Å². The van der Waals surface area contributed by atoms with Crippen LogP contribution < -0.4 is 0 Å². The fourth-order valence-corrected chi connectivity index (χ4v) is 1.89. The van der Waals surface area contributed by atoms with Crippen LogP contribution in [0.15, 0.2) is 0 Å². The first-order valence-electron chi connectivity index (χ1n) is 4.02. The van der Waals surface area contributed by atoms with Crippen molar-refractivity contribution < 1.29 is 8.95 Å². The molecule has 1 unspecified atom stereocenters. The number of nitrogens with zero attached hydrogens (tertiary/aromatic N) is 1. The van der Waals surface area contributed by atoms with Crippen LogP contribution in [-0.4, -0.2) is 29.4 Å². The molecule has 0 radical (unpaired) electrons. The lowest BCUT2D eigenvalue weighted by Crippen LogP contribution is -2.04. The van der Waals surface area contributed by atoms with Crippen molar-refractivity contribution in [2.45, 2.75) is 19.3 Å². The van der Waals surface area contributed by atoms with Gasteiger partial charge in [0.05, 0.1) is 6.07 Å². The van der Waals surface area contributed by atoms with Crippen molar-refractivity contribution in [1.82, 2.24) is 0 Å². The van der Waals surface area contributed by atoms with Crippen molar-refractivity contribution in [2.75, 3.05) is 25.2 Å². The lowest BCUT2D eigenvalue weighted by atomic mass is 10.4. The van der Waals surface area contributed by atoms with Crippen LogP contribution in [0, 0.1) is 11.3 Å². The second-order valence-corrected chi connectivity index (χ2v) is 4.15. The van der Waals surface area contributed by atoms with Gasteiger partial charge < -0.3 is 4.74 Å². The van der Waals surface area contributed by atoms with Gasteiger partial charge >= 0.3 is 0 Å². The molecule has 0 aliphatic carbocycles. The van der Waals surface area contributed by atoms with Crippen LogP contribution in [0.3, 0.4) is 0 Å². The maximum Gasteiger partial charge on any atom is 0.0622 e. The third-order valence-corrected chi connectivity index (χ3v) is 2.87. The molecule has 0 aromatic heterocycles. The molecule has 0 spiro atoms. The summed E-state index contributed by atoms with van der Waals surface area (Å²) in [6, 6.07) is 2.03. The number of unbranched alkanes of at least 4 members (excludes halogenated alkanes) is 1. The van der Waals surface area contributed by atoms with E-state index in [1.165, 1.54) is 0 Å². The van der Waals surface area contributed by atoms with Crippen molar-refractivity contribution in [3.8, 4) is 6.07 Å². The monoisotopic (exact) mass is 189 g/mol. The first kappa shape index (κ1) is 11.6. The average Bonchev–Trinajstić information content (AvgIpc) is 2.06. The maximum absolute atomic E-state index is 11.1. The second-order valence-electron chi connectivity index (χ2n) is 2.46. The van der Waals surface area contributed by atoms with E-state index in [9.17, 15) is 4.21 Å². The molecule has 0 amide bonds. The largest absolute Gasteiger partial charge is 0.385 e. The lowest BCUT2D eigenvalue weighted by molar-refractivity contribution is 0.200. The van der Waals surface area contributed by atoms with Crippen LogP contribution in [0.1, 0.15) is 19.3 Å². The SMILES string of the molecule is COCCCS(=O)CCCC#N. The summed E-state index contributed by atoms with van der Waals surface area (Å²) in [4.78, 5) is 0. The standard InChI is InChI=1S/C8H15NO2S/c1-11-6-4-8-12(10)7-3-2-5-9/h2-4,6-8H2,1H3. The molecule has 0 aromatic carbocycles. The molecule has 0 N–H and O–H groups in total. The highest BCUT2D eigenvalue weighted by atomic mass is 32.2. The van der Waals surface area contributed by atoms with Gasteiger partial charge in [-0.25, -0.2) is 0 Å². The Morgan fingerprint density at radius 3 is 2.67 bits per heavy atom. The third-order valence-electron chi connectivity index (χ3n) is 1.38. The van der Waals surface area contributed by atoms with Crippen LogP contribution in [0.25, 0.3) is 0 Å². The van der Waals surface area contributed by atoms with E-state index in [0.717, 1.165) is 12.8 Å². The highest BCUT2D eigenvalue weighted by molar-refractivity contribution is 7.84. The maximum atomic E-state index is 11.1. The summed E-state index contributed by atoms with van der Waals surface area (Å²) in [5.74, 6) is 1.34. The van der Waals surface area contributed by atoms with E-state index in [2.05, 4.69) is 0 Å². The van der Waals surface area contributed by atoms with Gasteiger partial charge in [-0.3, -0.25) is 4.21 Å². The number of hydrogen-bond acceptors (Lipinski definition) is 3. The van der Waals surface area contributed by atoms with Gasteiger partial charge in [-0.05, 0) is 12.8 Å². The van der Waals surface area contributed by atoms with Crippen molar-refractivity contribution in [1.29, 1.82) is 5.26 Å². The molecule has 0 bridgehead atoms. The molecule has 0 rings (SSSR count). The van der Waals surface area contributed by atoms with E-state index >= 15 is 0 Å². The van der Waals surface area contributed by atoms with Gasteiger partial charge in [0.15, 0.2) is 0 Å². The van der Waals surface area contributed by atoms with Gasteiger partial charge in [0.1, 0.15) is 0 Å². The van der Waals surface area contributed by atoms with E-state index in [4.69, 9.17) is 10.00 Å². The van der Waals surface area contributed by atoms with Gasteiger partial charge in [-0.1, -0.05) is 0 Å². The summed E-state index contributed by atoms with van der Waals surface area (Å²) in [5, 5.41) is 8.22. The summed E-state index contributed by atoms with van der Waals surface area (Å²) < 4.78 is 16.0. The van der Waals surface area contributed by atoms with Crippen molar-refractivity contribution >= 4 is 10.8 Å². The van der Waals surface area contributed by atoms with Crippen molar-refractivity contribution in [3.63, 3.8) is 0 Å². The van der Waals surface area contributed by atoms with Gasteiger partial charge in [0.2, 0.25) is 0 Å². The third kappa shape index (κ3) is 7.70. The van der Waals surface area contributed by atoms with Crippen molar-refractivity contribution in [3.05, 3.63) is 0 Å². The molecule has 3 nitrogen and oxygen atoms in total. The van der Waals surface area contributed by atoms with E-state index in [-0.39, 0.29) is 0 Å². The van der Waals surface area contributed by atoms with E-state index in [0.29, 0.717) is 24.5 Å². The second kappa shape index (κ2) is 8.69. The van der Waals surface area contributed by atoms with Crippen LogP contribution in [0.5, 0.6) is 0 Å². The van der Waals surface area contributed by atoms with Crippen LogP contribution in [-0.2, 0) is 15.5 Å². The molecule has 0 aliphatic heterocycles. The molecule has 1 atom stereocenters. The summed E-state index contributed by atoms with van der Waals surface area (Å²) in [7, 11) is 0.883. The number of ether oxygens (including phenoxy) is 1. The molecule has 12 heavy (non-hydrogen) atoms. The van der Waals surface area contributed by atoms with Crippen LogP contribution in [0.4, 0.5) is 0 Å². The Bertz CT molecular complexity index is 165. The zero-order chi connectivity index (χ0) is 9.23. The minimum Gasteiger partial charge on any atom is -0.385 e. The van der Waals surface area contributed by atoms with Gasteiger partial charge in [-0.2, -0.15) is 5.26 Å². The van der Waals surface area contributed by atoms with Crippen LogP contribution in [0.2, 0.25) is 0 Å². The molecule has 4 heteroatoms. The average molecular weight is 189 g/mol. The summed E-state index contributed by atoms with van der Waals surface area (Å²) in [5.41, 5.74) is 0. The highest BCUT2D eigenvalue weighted by Crippen LogP contribution is 1.94. The normalized spacial score (nSPS) is 12.3. The summed E-state index contributed by atoms with van der Waals surface area (Å²) in [6.07, 6.45) is 2.10. The molecule has 0 aliphatic rings.